The van der Waals surface area contributed by atoms with E-state index >= 15 is 0 Å². The van der Waals surface area contributed by atoms with E-state index in [2.05, 4.69) is 38.2 Å². The van der Waals surface area contributed by atoms with Crippen molar-refractivity contribution >= 4 is 19.8 Å². The van der Waals surface area contributed by atoms with E-state index in [-0.39, 0.29) is 32.6 Å². The van der Waals surface area contributed by atoms with Crippen LogP contribution in [0.2, 0.25) is 0 Å². The summed E-state index contributed by atoms with van der Waals surface area (Å²) in [6, 6.07) is 0. The molecule has 3 N–H and O–H groups in total. The van der Waals surface area contributed by atoms with Crippen LogP contribution in [0.5, 0.6) is 0 Å². The van der Waals surface area contributed by atoms with E-state index in [1.807, 2.05) is 0 Å². The summed E-state index contributed by atoms with van der Waals surface area (Å²) in [7, 11) is -4.38. The van der Waals surface area contributed by atoms with Gasteiger partial charge in [-0.3, -0.25) is 18.6 Å². The van der Waals surface area contributed by atoms with Gasteiger partial charge in [-0.05, 0) is 44.9 Å². The Bertz CT molecular complexity index is 959. The third kappa shape index (κ3) is 41.9. The molecule has 0 radical (unpaired) electrons. The summed E-state index contributed by atoms with van der Waals surface area (Å²) in [6.07, 6.45) is 44.9. The first-order valence-electron chi connectivity index (χ1n) is 22.8. The molecule has 0 aromatic carbocycles. The zero-order valence-corrected chi connectivity index (χ0v) is 36.6. The van der Waals surface area contributed by atoms with Crippen molar-refractivity contribution < 1.29 is 37.6 Å². The van der Waals surface area contributed by atoms with E-state index < -0.39 is 32.5 Å². The number of hydrogen-bond acceptors (Lipinski definition) is 8. The molecular weight excluding hydrogens is 713 g/mol. The van der Waals surface area contributed by atoms with Gasteiger partial charge in [0.25, 0.3) is 0 Å². The lowest BCUT2D eigenvalue weighted by Gasteiger charge is -2.19. The monoisotopic (exact) mass is 800 g/mol. The molecule has 0 saturated heterocycles. The van der Waals surface area contributed by atoms with Crippen molar-refractivity contribution in [1.29, 1.82) is 0 Å². The normalized spacial score (nSPS) is 13.5. The number of nitrogens with two attached hydrogens (primary N) is 1. The van der Waals surface area contributed by atoms with E-state index in [0.29, 0.717) is 6.42 Å². The van der Waals surface area contributed by atoms with E-state index in [9.17, 15) is 19.0 Å². The number of carbonyl (C=O) groups is 2. The third-order valence-electron chi connectivity index (χ3n) is 9.84. The number of phosphoric ester groups is 1. The first kappa shape index (κ1) is 53.5. The van der Waals surface area contributed by atoms with Gasteiger partial charge in [0.15, 0.2) is 6.10 Å². The molecule has 0 bridgehead atoms. The average Bonchev–Trinajstić information content (AvgIpc) is 3.17. The molecule has 55 heavy (non-hydrogen) atoms. The highest BCUT2D eigenvalue weighted by Crippen LogP contribution is 2.43. The number of carbonyl (C=O) groups excluding carboxylic acids is 2. The molecule has 0 aromatic rings. The van der Waals surface area contributed by atoms with Crippen molar-refractivity contribution in [3.05, 3.63) is 24.3 Å². The van der Waals surface area contributed by atoms with Crippen LogP contribution in [0.3, 0.4) is 0 Å². The second-order valence-electron chi connectivity index (χ2n) is 15.3. The number of unbranched alkanes of at least 4 members (excludes halogenated alkanes) is 26. The fourth-order valence-corrected chi connectivity index (χ4v) is 7.20. The van der Waals surface area contributed by atoms with Gasteiger partial charge in [0.05, 0.1) is 13.2 Å². The summed E-state index contributed by atoms with van der Waals surface area (Å²) in [5.74, 6) is -0.835. The lowest BCUT2D eigenvalue weighted by molar-refractivity contribution is -0.161. The first-order valence-corrected chi connectivity index (χ1v) is 24.3. The van der Waals surface area contributed by atoms with E-state index in [0.717, 1.165) is 57.8 Å². The molecule has 0 amide bonds. The summed E-state index contributed by atoms with van der Waals surface area (Å²) in [6.45, 7) is 3.72. The van der Waals surface area contributed by atoms with Crippen molar-refractivity contribution in [2.24, 2.45) is 5.73 Å². The van der Waals surface area contributed by atoms with Gasteiger partial charge in [-0.2, -0.15) is 0 Å². The maximum Gasteiger partial charge on any atom is 0.472 e. The largest absolute Gasteiger partial charge is 0.472 e. The number of esters is 2. The summed E-state index contributed by atoms with van der Waals surface area (Å²) in [5.41, 5.74) is 5.35. The van der Waals surface area contributed by atoms with Crippen LogP contribution in [0, 0.1) is 0 Å². The van der Waals surface area contributed by atoms with Crippen molar-refractivity contribution in [2.75, 3.05) is 26.4 Å². The minimum atomic E-state index is -4.38. The van der Waals surface area contributed by atoms with Crippen LogP contribution in [0.4, 0.5) is 0 Å². The zero-order valence-electron chi connectivity index (χ0n) is 35.7. The van der Waals surface area contributed by atoms with Gasteiger partial charge >= 0.3 is 19.8 Å². The van der Waals surface area contributed by atoms with Crippen molar-refractivity contribution in [1.82, 2.24) is 0 Å². The molecule has 0 aliphatic rings. The van der Waals surface area contributed by atoms with E-state index in [4.69, 9.17) is 24.3 Å². The second kappa shape index (κ2) is 42.1. The smallest absolute Gasteiger partial charge is 0.462 e. The summed E-state index contributed by atoms with van der Waals surface area (Å²) >= 11 is 0. The fraction of sp³-hybridized carbons (Fsp3) is 0.867. The highest BCUT2D eigenvalue weighted by atomic mass is 31.2. The van der Waals surface area contributed by atoms with E-state index in [1.165, 1.54) is 128 Å². The highest BCUT2D eigenvalue weighted by molar-refractivity contribution is 7.47. The quantitative estimate of drug-likeness (QED) is 0.0267. The molecule has 0 aliphatic heterocycles. The third-order valence-corrected chi connectivity index (χ3v) is 10.8. The van der Waals surface area contributed by atoms with Crippen molar-refractivity contribution in [2.45, 2.75) is 225 Å². The minimum absolute atomic E-state index is 0.0531. The van der Waals surface area contributed by atoms with Gasteiger partial charge in [0.2, 0.25) is 0 Å². The van der Waals surface area contributed by atoms with Gasteiger partial charge in [-0.25, -0.2) is 4.57 Å². The Kier molecular flexibility index (Phi) is 40.9. The highest BCUT2D eigenvalue weighted by Gasteiger charge is 2.26. The molecule has 0 rings (SSSR count). The molecule has 0 heterocycles. The number of hydrogen-bond donors (Lipinski definition) is 2. The lowest BCUT2D eigenvalue weighted by atomic mass is 10.0. The average molecular weight is 800 g/mol. The maximum atomic E-state index is 12.6. The Labute approximate surface area is 338 Å². The van der Waals surface area contributed by atoms with Crippen LogP contribution in [0.1, 0.15) is 219 Å². The second-order valence-corrected chi connectivity index (χ2v) is 16.7. The Morgan fingerprint density at radius 1 is 0.545 bits per heavy atom. The Balaban J connectivity index is 4.10. The molecule has 2 atom stereocenters. The maximum absolute atomic E-state index is 12.6. The first-order chi connectivity index (χ1) is 26.8. The number of allylic oxidation sites excluding steroid dienone is 4. The van der Waals surface area contributed by atoms with Crippen LogP contribution in [-0.4, -0.2) is 49.3 Å². The Morgan fingerprint density at radius 3 is 1.42 bits per heavy atom. The number of ether oxygens (including phenoxy) is 2. The molecule has 0 spiro atoms. The molecule has 0 aromatic heterocycles. The lowest BCUT2D eigenvalue weighted by Crippen LogP contribution is -2.29. The Hall–Kier alpha value is -1.51. The predicted molar refractivity (Wildman–Crippen MR) is 229 cm³/mol. The molecule has 0 aliphatic carbocycles. The fourth-order valence-electron chi connectivity index (χ4n) is 6.43. The number of phosphoric acid groups is 1. The van der Waals surface area contributed by atoms with Gasteiger partial charge in [0.1, 0.15) is 6.61 Å². The molecule has 10 heteroatoms. The molecule has 0 fully saturated rings. The standard InChI is InChI=1S/C45H86NO8P/c1-3-5-7-9-11-13-15-17-19-20-21-22-24-26-28-30-32-34-36-38-45(48)54-43(42-53-55(49,50)52-40-39-46)41-51-44(47)37-35-33-31-29-27-25-23-18-16-14-12-10-8-6-4-2/h12,14,18,23,43H,3-11,13,15-17,19-22,24-42,46H2,1-2H3,(H,49,50). The minimum Gasteiger partial charge on any atom is -0.462 e. The zero-order chi connectivity index (χ0) is 40.3. The van der Waals surface area contributed by atoms with Crippen LogP contribution in [-0.2, 0) is 32.7 Å². The van der Waals surface area contributed by atoms with Crippen LogP contribution >= 0.6 is 7.82 Å². The predicted octanol–water partition coefficient (Wildman–Crippen LogP) is 13.2. The summed E-state index contributed by atoms with van der Waals surface area (Å²) < 4.78 is 32.8. The van der Waals surface area contributed by atoms with Crippen molar-refractivity contribution in [3.63, 3.8) is 0 Å². The summed E-state index contributed by atoms with van der Waals surface area (Å²) in [5, 5.41) is 0. The van der Waals surface area contributed by atoms with Gasteiger partial charge < -0.3 is 20.1 Å². The molecule has 0 saturated carbocycles. The molecule has 9 nitrogen and oxygen atoms in total. The SMILES string of the molecule is CCCCCC=CCC=CCCCCCCCC(=O)OCC(COP(=O)(O)OCCN)OC(=O)CCCCCCCCCCCCCCCCCCCCC. The van der Waals surface area contributed by atoms with Gasteiger partial charge in [-0.15, -0.1) is 0 Å². The molecule has 324 valence electrons. The topological polar surface area (TPSA) is 134 Å². The van der Waals surface area contributed by atoms with Crippen LogP contribution in [0.15, 0.2) is 24.3 Å². The number of rotatable bonds is 43. The molecule has 2 unspecified atom stereocenters. The summed E-state index contributed by atoms with van der Waals surface area (Å²) in [4.78, 5) is 34.9. The van der Waals surface area contributed by atoms with Gasteiger partial charge in [-0.1, -0.05) is 186 Å². The van der Waals surface area contributed by atoms with Gasteiger partial charge in [0, 0.05) is 19.4 Å². The molecular formula is C45H86NO8P. The van der Waals surface area contributed by atoms with Crippen LogP contribution in [0.25, 0.3) is 0 Å². The van der Waals surface area contributed by atoms with Crippen LogP contribution < -0.4 is 5.73 Å². The van der Waals surface area contributed by atoms with E-state index in [1.54, 1.807) is 0 Å². The van der Waals surface area contributed by atoms with Crippen molar-refractivity contribution in [3.8, 4) is 0 Å². The Morgan fingerprint density at radius 2 is 0.945 bits per heavy atom.